The SMILES string of the molecule is Fc1cc(NCC2CCCCC2)ccc1N1CC2CCC(C1)O2. The number of nitrogens with one attached hydrogen (secondary N) is 1. The van der Waals surface area contributed by atoms with Crippen molar-refractivity contribution in [1.29, 1.82) is 0 Å². The second kappa shape index (κ2) is 6.68. The molecule has 4 heteroatoms. The summed E-state index contributed by atoms with van der Waals surface area (Å²) in [6, 6.07) is 5.62. The highest BCUT2D eigenvalue weighted by atomic mass is 19.1. The van der Waals surface area contributed by atoms with Crippen LogP contribution in [0.25, 0.3) is 0 Å². The van der Waals surface area contributed by atoms with Gasteiger partial charge in [-0.1, -0.05) is 19.3 Å². The van der Waals surface area contributed by atoms with Crippen LogP contribution in [0.3, 0.4) is 0 Å². The van der Waals surface area contributed by atoms with Crippen LogP contribution in [-0.4, -0.2) is 31.8 Å². The fraction of sp³-hybridized carbons (Fsp3) is 0.684. The fourth-order valence-electron chi connectivity index (χ4n) is 4.34. The Balaban J connectivity index is 1.38. The molecule has 2 heterocycles. The summed E-state index contributed by atoms with van der Waals surface area (Å²) in [7, 11) is 0. The lowest BCUT2D eigenvalue weighted by Gasteiger charge is -2.34. The van der Waals surface area contributed by atoms with E-state index < -0.39 is 0 Å². The molecular weight excluding hydrogens is 291 g/mol. The molecule has 2 saturated heterocycles. The largest absolute Gasteiger partial charge is 0.385 e. The average molecular weight is 318 g/mol. The van der Waals surface area contributed by atoms with Crippen molar-refractivity contribution in [2.45, 2.75) is 57.2 Å². The highest BCUT2D eigenvalue weighted by Crippen LogP contribution is 2.32. The monoisotopic (exact) mass is 318 g/mol. The predicted octanol–water partition coefficient (Wildman–Crippen LogP) is 4.19. The number of morpholine rings is 1. The van der Waals surface area contributed by atoms with Crippen molar-refractivity contribution < 1.29 is 9.13 Å². The Morgan fingerprint density at radius 2 is 1.78 bits per heavy atom. The van der Waals surface area contributed by atoms with Crippen LogP contribution in [0.4, 0.5) is 15.8 Å². The fourth-order valence-corrected chi connectivity index (χ4v) is 4.34. The van der Waals surface area contributed by atoms with Gasteiger partial charge in [0.1, 0.15) is 5.82 Å². The Kier molecular flexibility index (Phi) is 4.43. The molecule has 3 fully saturated rings. The van der Waals surface area contributed by atoms with Crippen LogP contribution in [0.15, 0.2) is 18.2 Å². The van der Waals surface area contributed by atoms with Crippen molar-refractivity contribution in [2.24, 2.45) is 5.92 Å². The average Bonchev–Trinajstić information content (AvgIpc) is 2.92. The molecule has 1 N–H and O–H groups in total. The molecule has 0 spiro atoms. The standard InChI is InChI=1S/C19H27FN2O/c20-18-10-15(21-11-14-4-2-1-3-5-14)6-9-19(18)22-12-16-7-8-17(13-22)23-16/h6,9-10,14,16-17,21H,1-5,7-8,11-13H2. The molecule has 1 aromatic carbocycles. The Hall–Kier alpha value is -1.29. The highest BCUT2D eigenvalue weighted by molar-refractivity contribution is 5.57. The molecule has 3 nitrogen and oxygen atoms in total. The van der Waals surface area contributed by atoms with Crippen LogP contribution in [0.1, 0.15) is 44.9 Å². The van der Waals surface area contributed by atoms with Crippen LogP contribution in [0.5, 0.6) is 0 Å². The van der Waals surface area contributed by atoms with Gasteiger partial charge < -0.3 is 15.0 Å². The first-order chi connectivity index (χ1) is 11.3. The topological polar surface area (TPSA) is 24.5 Å². The molecule has 1 aromatic rings. The molecular formula is C19H27FN2O. The number of rotatable bonds is 4. The zero-order chi connectivity index (χ0) is 15.6. The van der Waals surface area contributed by atoms with E-state index in [2.05, 4.69) is 10.2 Å². The summed E-state index contributed by atoms with van der Waals surface area (Å²) in [5.41, 5.74) is 1.64. The van der Waals surface area contributed by atoms with Crippen molar-refractivity contribution in [2.75, 3.05) is 29.9 Å². The van der Waals surface area contributed by atoms with Gasteiger partial charge in [0.15, 0.2) is 0 Å². The minimum absolute atomic E-state index is 0.111. The van der Waals surface area contributed by atoms with E-state index in [-0.39, 0.29) is 18.0 Å². The molecule has 1 saturated carbocycles. The van der Waals surface area contributed by atoms with E-state index in [1.807, 2.05) is 12.1 Å². The quantitative estimate of drug-likeness (QED) is 0.901. The second-order valence-corrected chi connectivity index (χ2v) is 7.41. The van der Waals surface area contributed by atoms with E-state index in [0.29, 0.717) is 0 Å². The molecule has 0 amide bonds. The number of fused-ring (bicyclic) bond motifs is 2. The molecule has 126 valence electrons. The lowest BCUT2D eigenvalue weighted by molar-refractivity contribution is 0.0303. The van der Waals surface area contributed by atoms with Crippen LogP contribution in [-0.2, 0) is 4.74 Å². The van der Waals surface area contributed by atoms with Gasteiger partial charge in [-0.2, -0.15) is 0 Å². The molecule has 0 radical (unpaired) electrons. The first-order valence-corrected chi connectivity index (χ1v) is 9.22. The maximum Gasteiger partial charge on any atom is 0.148 e. The van der Waals surface area contributed by atoms with E-state index in [1.54, 1.807) is 6.07 Å². The molecule has 2 atom stereocenters. The van der Waals surface area contributed by atoms with Gasteiger partial charge in [-0.25, -0.2) is 4.39 Å². The molecule has 23 heavy (non-hydrogen) atoms. The van der Waals surface area contributed by atoms with Gasteiger partial charge >= 0.3 is 0 Å². The number of nitrogens with zero attached hydrogens (tertiary/aromatic N) is 1. The summed E-state index contributed by atoms with van der Waals surface area (Å²) < 4.78 is 20.4. The van der Waals surface area contributed by atoms with Crippen molar-refractivity contribution in [3.63, 3.8) is 0 Å². The van der Waals surface area contributed by atoms with Crippen LogP contribution in [0, 0.1) is 11.7 Å². The molecule has 2 bridgehead atoms. The molecule has 3 aliphatic rings. The summed E-state index contributed by atoms with van der Waals surface area (Å²) in [6.07, 6.45) is 9.50. The first kappa shape index (κ1) is 15.3. The minimum atomic E-state index is -0.111. The molecule has 0 aromatic heterocycles. The van der Waals surface area contributed by atoms with Crippen LogP contribution < -0.4 is 10.2 Å². The van der Waals surface area contributed by atoms with Gasteiger partial charge in [-0.05, 0) is 49.8 Å². The van der Waals surface area contributed by atoms with Crippen molar-refractivity contribution in [3.8, 4) is 0 Å². The third kappa shape index (κ3) is 3.47. The molecule has 4 rings (SSSR count). The van der Waals surface area contributed by atoms with Gasteiger partial charge in [-0.15, -0.1) is 0 Å². The van der Waals surface area contributed by atoms with Crippen LogP contribution >= 0.6 is 0 Å². The summed E-state index contributed by atoms with van der Waals surface area (Å²) in [5.74, 6) is 0.640. The lowest BCUT2D eigenvalue weighted by Crippen LogP contribution is -2.43. The number of anilines is 2. The van der Waals surface area contributed by atoms with Crippen molar-refractivity contribution >= 4 is 11.4 Å². The Bertz CT molecular complexity index is 532. The molecule has 2 unspecified atom stereocenters. The van der Waals surface area contributed by atoms with Gasteiger partial charge in [-0.3, -0.25) is 0 Å². The zero-order valence-electron chi connectivity index (χ0n) is 13.8. The maximum absolute atomic E-state index is 14.6. The van der Waals surface area contributed by atoms with Crippen molar-refractivity contribution in [3.05, 3.63) is 24.0 Å². The number of halogens is 1. The minimum Gasteiger partial charge on any atom is -0.385 e. The van der Waals surface area contributed by atoms with E-state index in [9.17, 15) is 4.39 Å². The Labute approximate surface area is 138 Å². The maximum atomic E-state index is 14.6. The Morgan fingerprint density at radius 3 is 2.48 bits per heavy atom. The predicted molar refractivity (Wildman–Crippen MR) is 91.6 cm³/mol. The van der Waals surface area contributed by atoms with Gasteiger partial charge in [0, 0.05) is 25.3 Å². The summed E-state index contributed by atoms with van der Waals surface area (Å²) in [6.45, 7) is 2.62. The number of benzene rings is 1. The van der Waals surface area contributed by atoms with E-state index >= 15 is 0 Å². The zero-order valence-corrected chi connectivity index (χ0v) is 13.8. The van der Waals surface area contributed by atoms with Gasteiger partial charge in [0.05, 0.1) is 17.9 Å². The highest BCUT2D eigenvalue weighted by Gasteiger charge is 2.34. The lowest BCUT2D eigenvalue weighted by atomic mass is 9.89. The van der Waals surface area contributed by atoms with Gasteiger partial charge in [0.25, 0.3) is 0 Å². The molecule has 1 aliphatic carbocycles. The van der Waals surface area contributed by atoms with Crippen LogP contribution in [0.2, 0.25) is 0 Å². The van der Waals surface area contributed by atoms with Gasteiger partial charge in [0.2, 0.25) is 0 Å². The summed E-state index contributed by atoms with van der Waals surface area (Å²) >= 11 is 0. The number of hydrogen-bond donors (Lipinski definition) is 1. The smallest absolute Gasteiger partial charge is 0.148 e. The van der Waals surface area contributed by atoms with Crippen molar-refractivity contribution in [1.82, 2.24) is 0 Å². The van der Waals surface area contributed by atoms with E-state index in [4.69, 9.17) is 4.74 Å². The second-order valence-electron chi connectivity index (χ2n) is 7.41. The molecule has 2 aliphatic heterocycles. The number of ether oxygens (including phenoxy) is 1. The Morgan fingerprint density at radius 1 is 1.04 bits per heavy atom. The number of hydrogen-bond acceptors (Lipinski definition) is 3. The summed E-state index contributed by atoms with van der Waals surface area (Å²) in [4.78, 5) is 2.16. The van der Waals surface area contributed by atoms with E-state index in [1.165, 1.54) is 32.1 Å². The third-order valence-electron chi connectivity index (χ3n) is 5.65. The third-order valence-corrected chi connectivity index (χ3v) is 5.65. The van der Waals surface area contributed by atoms with E-state index in [0.717, 1.165) is 49.8 Å². The normalized spacial score (nSPS) is 28.1. The summed E-state index contributed by atoms with van der Waals surface area (Å²) in [5, 5.41) is 3.43. The first-order valence-electron chi connectivity index (χ1n) is 9.22.